The van der Waals surface area contributed by atoms with Gasteiger partial charge in [0.1, 0.15) is 17.2 Å². The van der Waals surface area contributed by atoms with Crippen molar-refractivity contribution in [1.29, 1.82) is 0 Å². The molecule has 4 aliphatic rings. The van der Waals surface area contributed by atoms with Crippen molar-refractivity contribution >= 4 is 64.7 Å². The van der Waals surface area contributed by atoms with Crippen molar-refractivity contribution in [3.05, 3.63) is 95.1 Å². The van der Waals surface area contributed by atoms with Gasteiger partial charge in [0, 0.05) is 24.1 Å². The maximum atomic E-state index is 14.3. The number of rotatable bonds is 6. The Bertz CT molecular complexity index is 1940. The summed E-state index contributed by atoms with van der Waals surface area (Å²) in [6.07, 6.45) is 5.73. The number of anilines is 1. The number of amides is 4. The minimum Gasteiger partial charge on any atom is -0.508 e. The molecule has 4 amide bonds. The lowest BCUT2D eigenvalue weighted by molar-refractivity contribution is -0.138. The second-order valence-electron chi connectivity index (χ2n) is 12.6. The molecule has 3 fully saturated rings. The Labute approximate surface area is 287 Å². The van der Waals surface area contributed by atoms with Crippen LogP contribution < -0.4 is 14.4 Å². The molecule has 7 rings (SSSR count). The highest BCUT2D eigenvalue weighted by Crippen LogP contribution is 2.66. The summed E-state index contributed by atoms with van der Waals surface area (Å²) in [5, 5.41) is 11.0. The van der Waals surface area contributed by atoms with Gasteiger partial charge in [-0.15, -0.1) is 23.2 Å². The number of methoxy groups -OCH3 is 2. The van der Waals surface area contributed by atoms with E-state index in [9.17, 15) is 24.3 Å². The number of nitrogens with zero attached hydrogens (tertiary/aromatic N) is 2. The fourth-order valence-electron chi connectivity index (χ4n) is 7.97. The Morgan fingerprint density at radius 3 is 2.29 bits per heavy atom. The van der Waals surface area contributed by atoms with E-state index in [1.807, 2.05) is 48.6 Å². The summed E-state index contributed by atoms with van der Waals surface area (Å²) in [7, 11) is 4.52. The first-order valence-corrected chi connectivity index (χ1v) is 16.3. The third kappa shape index (κ3) is 4.44. The number of imide groups is 2. The first kappa shape index (κ1) is 32.0. The van der Waals surface area contributed by atoms with Crippen molar-refractivity contribution < 1.29 is 33.8 Å². The molecule has 0 radical (unpaired) electrons. The number of phenolic OH excluding ortho intramolecular Hbond substituents is 1. The molecular formula is C37H32Cl2N2O7. The molecule has 3 aromatic carbocycles. The van der Waals surface area contributed by atoms with Crippen LogP contribution in [0, 0.1) is 17.8 Å². The lowest BCUT2D eigenvalue weighted by Crippen LogP contribution is -2.60. The zero-order chi connectivity index (χ0) is 34.1. The van der Waals surface area contributed by atoms with E-state index >= 15 is 0 Å². The van der Waals surface area contributed by atoms with Crippen LogP contribution in [0.5, 0.6) is 17.2 Å². The summed E-state index contributed by atoms with van der Waals surface area (Å²) in [6.45, 7) is 0. The van der Waals surface area contributed by atoms with Crippen molar-refractivity contribution in [2.24, 2.45) is 17.8 Å². The van der Waals surface area contributed by atoms with Gasteiger partial charge in [0.15, 0.2) is 9.75 Å². The van der Waals surface area contributed by atoms with Gasteiger partial charge in [0.2, 0.25) is 11.8 Å². The number of alkyl halides is 2. The second-order valence-corrected chi connectivity index (χ2v) is 13.8. The molecule has 2 saturated heterocycles. The van der Waals surface area contributed by atoms with Crippen molar-refractivity contribution in [2.45, 2.75) is 28.5 Å². The monoisotopic (exact) mass is 686 g/mol. The van der Waals surface area contributed by atoms with Gasteiger partial charge in [0.05, 0.1) is 31.7 Å². The van der Waals surface area contributed by atoms with Crippen molar-refractivity contribution in [2.75, 3.05) is 26.2 Å². The number of fused-ring (bicyclic) bond motifs is 4. The molecule has 3 aromatic rings. The predicted octanol–water partition coefficient (Wildman–Crippen LogP) is 5.77. The van der Waals surface area contributed by atoms with E-state index in [0.717, 1.165) is 16.0 Å². The third-order valence-corrected chi connectivity index (χ3v) is 11.7. The van der Waals surface area contributed by atoms with E-state index in [1.165, 1.54) is 18.0 Å². The third-order valence-electron chi connectivity index (χ3n) is 10.3. The highest BCUT2D eigenvalue weighted by Gasteiger charge is 2.76. The molecule has 0 unspecified atom stereocenters. The lowest BCUT2D eigenvalue weighted by atomic mass is 9.56. The van der Waals surface area contributed by atoms with E-state index in [4.69, 9.17) is 32.7 Å². The Morgan fingerprint density at radius 2 is 1.60 bits per heavy atom. The number of ether oxygens (including phenoxy) is 2. The summed E-state index contributed by atoms with van der Waals surface area (Å²) < 4.78 is 10.8. The van der Waals surface area contributed by atoms with Crippen LogP contribution >= 0.6 is 23.2 Å². The zero-order valence-corrected chi connectivity index (χ0v) is 27.9. The van der Waals surface area contributed by atoms with Gasteiger partial charge in [-0.3, -0.25) is 29.0 Å². The smallest absolute Gasteiger partial charge is 0.253 e. The van der Waals surface area contributed by atoms with Gasteiger partial charge in [-0.05, 0) is 60.7 Å². The van der Waals surface area contributed by atoms with E-state index in [-0.39, 0.29) is 24.5 Å². The van der Waals surface area contributed by atoms with Crippen molar-refractivity contribution in [3.8, 4) is 17.2 Å². The summed E-state index contributed by atoms with van der Waals surface area (Å²) in [5.41, 5.74) is 3.02. The molecule has 9 nitrogen and oxygen atoms in total. The van der Waals surface area contributed by atoms with Crippen LogP contribution in [-0.2, 0) is 19.2 Å². The van der Waals surface area contributed by atoms with Crippen LogP contribution in [0.25, 0.3) is 12.2 Å². The Morgan fingerprint density at radius 1 is 0.875 bits per heavy atom. The number of carbonyl (C=O) groups excluding carboxylic acids is 4. The molecule has 1 N–H and O–H groups in total. The van der Waals surface area contributed by atoms with Crippen LogP contribution in [0.4, 0.5) is 5.69 Å². The molecular weight excluding hydrogens is 655 g/mol. The summed E-state index contributed by atoms with van der Waals surface area (Å²) in [6, 6.07) is 19.0. The average Bonchev–Trinajstić information content (AvgIpc) is 3.42. The van der Waals surface area contributed by atoms with Crippen LogP contribution in [0.2, 0.25) is 0 Å². The van der Waals surface area contributed by atoms with Gasteiger partial charge >= 0.3 is 0 Å². The van der Waals surface area contributed by atoms with E-state index in [2.05, 4.69) is 0 Å². The van der Waals surface area contributed by atoms with Crippen molar-refractivity contribution in [3.63, 3.8) is 0 Å². The molecule has 11 heteroatoms. The van der Waals surface area contributed by atoms with E-state index < -0.39 is 51.1 Å². The van der Waals surface area contributed by atoms with Gasteiger partial charge in [0.25, 0.3) is 11.8 Å². The Kier molecular flexibility index (Phi) is 7.68. The minimum absolute atomic E-state index is 0.116. The largest absolute Gasteiger partial charge is 0.508 e. The number of hydrogen-bond acceptors (Lipinski definition) is 7. The van der Waals surface area contributed by atoms with Gasteiger partial charge in [-0.25, -0.2) is 0 Å². The fourth-order valence-corrected chi connectivity index (χ4v) is 8.98. The standard InChI is InChI=1S/C37H32Cl2N2O7/c1-40-34(45)36(38)19-27-24(31(37(36,39)35(40)46)25-6-4-5-7-28(25)42)15-16-26-30(27)33(44)41(32(26)43)22-12-9-20(10-13-22)8-11-21-18-23(47-2)14-17-29(21)48-3/h4-15,17-18,26-27,30-31,42H,16,19H2,1-3H3/t26-,27+,30-,31+,36+,37-/m0/s1. The molecule has 48 heavy (non-hydrogen) atoms. The van der Waals surface area contributed by atoms with E-state index in [0.29, 0.717) is 28.3 Å². The van der Waals surface area contributed by atoms with Gasteiger partial charge in [-0.1, -0.05) is 54.1 Å². The lowest BCUT2D eigenvalue weighted by Gasteiger charge is -2.50. The van der Waals surface area contributed by atoms with E-state index in [1.54, 1.807) is 44.6 Å². The highest BCUT2D eigenvalue weighted by molar-refractivity contribution is 6.53. The number of benzene rings is 3. The molecule has 2 aliphatic carbocycles. The first-order valence-electron chi connectivity index (χ1n) is 15.5. The molecule has 2 aliphatic heterocycles. The van der Waals surface area contributed by atoms with Crippen LogP contribution in [0.15, 0.2) is 78.4 Å². The molecule has 246 valence electrons. The van der Waals surface area contributed by atoms with Crippen molar-refractivity contribution in [1.82, 2.24) is 4.90 Å². The average molecular weight is 688 g/mol. The number of likely N-dealkylation sites (tertiary alicyclic amines) is 1. The molecule has 6 atom stereocenters. The summed E-state index contributed by atoms with van der Waals surface area (Å²) >= 11 is 14.4. The zero-order valence-electron chi connectivity index (χ0n) is 26.4. The predicted molar refractivity (Wildman–Crippen MR) is 181 cm³/mol. The summed E-state index contributed by atoms with van der Waals surface area (Å²) in [4.78, 5) is 53.7. The normalized spacial score (nSPS) is 29.6. The number of halogens is 2. The summed E-state index contributed by atoms with van der Waals surface area (Å²) in [5.74, 6) is -4.06. The fraction of sp³-hybridized carbons (Fsp3) is 0.297. The number of para-hydroxylation sites is 1. The van der Waals surface area contributed by atoms with Crippen LogP contribution in [0.3, 0.4) is 0 Å². The molecule has 0 spiro atoms. The number of hydrogen-bond donors (Lipinski definition) is 1. The molecule has 0 aromatic heterocycles. The topological polar surface area (TPSA) is 113 Å². The van der Waals surface area contributed by atoms with Gasteiger partial charge in [-0.2, -0.15) is 0 Å². The number of phenols is 1. The second kappa shape index (κ2) is 11.5. The SMILES string of the molecule is COc1ccc(OC)c(C=Cc2ccc(N3C(=O)[C@H]4[C@H](CC=C5[C@H]4C[C@@]4(Cl)C(=O)N(C)C(=O)[C@@]4(Cl)[C@H]5c4ccccc4O)C3=O)cc2)c1. The molecule has 0 bridgehead atoms. The molecule has 2 heterocycles. The van der Waals surface area contributed by atoms with Gasteiger partial charge < -0.3 is 14.6 Å². The van der Waals surface area contributed by atoms with Crippen LogP contribution in [-0.4, -0.2) is 64.7 Å². The number of aromatic hydroxyl groups is 1. The number of carbonyl (C=O) groups is 4. The Hall–Kier alpha value is -4.60. The quantitative estimate of drug-likeness (QED) is 0.152. The minimum atomic E-state index is -1.95. The maximum absolute atomic E-state index is 14.3. The maximum Gasteiger partial charge on any atom is 0.253 e. The highest BCUT2D eigenvalue weighted by atomic mass is 35.5. The first-order chi connectivity index (χ1) is 23.0. The van der Waals surface area contributed by atoms with Crippen LogP contribution in [0.1, 0.15) is 35.4 Å². The molecule has 1 saturated carbocycles. The number of allylic oxidation sites excluding steroid dienone is 2. The Balaban J connectivity index is 1.22.